The van der Waals surface area contributed by atoms with E-state index in [2.05, 4.69) is 10.3 Å². The molecule has 1 atom stereocenters. The zero-order valence-electron chi connectivity index (χ0n) is 16.5. The number of imidazole rings is 1. The van der Waals surface area contributed by atoms with Crippen LogP contribution in [0.5, 0.6) is 0 Å². The highest BCUT2D eigenvalue weighted by Gasteiger charge is 2.54. The Morgan fingerprint density at radius 3 is 2.66 bits per heavy atom. The van der Waals surface area contributed by atoms with Crippen molar-refractivity contribution >= 4 is 23.1 Å². The third-order valence-electron chi connectivity index (χ3n) is 5.57. The van der Waals surface area contributed by atoms with E-state index in [4.69, 9.17) is 5.41 Å². The molecule has 2 N–H and O–H groups in total. The summed E-state index contributed by atoms with van der Waals surface area (Å²) in [5.41, 5.74) is 0.657. The minimum Gasteiger partial charge on any atom is -0.351 e. The summed E-state index contributed by atoms with van der Waals surface area (Å²) >= 11 is 0. The average Bonchev–Trinajstić information content (AvgIpc) is 3.21. The molecule has 2 aromatic rings. The lowest BCUT2D eigenvalue weighted by atomic mass is 9.97. The van der Waals surface area contributed by atoms with Crippen LogP contribution in [0.15, 0.2) is 36.5 Å². The highest BCUT2D eigenvalue weighted by atomic mass is 19.1. The first-order valence-corrected chi connectivity index (χ1v) is 9.50. The van der Waals surface area contributed by atoms with E-state index in [1.54, 1.807) is 34.6 Å². The van der Waals surface area contributed by atoms with Gasteiger partial charge in [0.2, 0.25) is 0 Å². The average molecular weight is 395 g/mol. The molecule has 150 valence electrons. The third kappa shape index (κ3) is 2.78. The van der Waals surface area contributed by atoms with E-state index in [0.717, 1.165) is 5.57 Å². The van der Waals surface area contributed by atoms with Crippen molar-refractivity contribution in [3.63, 3.8) is 0 Å². The minimum absolute atomic E-state index is 0.0262. The molecular formula is C21H22FN5O2. The molecule has 29 heavy (non-hydrogen) atoms. The van der Waals surface area contributed by atoms with Crippen LogP contribution in [0.3, 0.4) is 0 Å². The van der Waals surface area contributed by atoms with Crippen LogP contribution in [-0.2, 0) is 10.5 Å². The van der Waals surface area contributed by atoms with E-state index in [0.29, 0.717) is 30.2 Å². The Morgan fingerprint density at radius 2 is 2.00 bits per heavy atom. The molecule has 0 spiro atoms. The first kappa shape index (κ1) is 19.0. The second-order valence-electron chi connectivity index (χ2n) is 7.71. The number of carbonyl (C=O) groups is 2. The molecule has 2 amide bonds. The lowest BCUT2D eigenvalue weighted by Gasteiger charge is -2.39. The smallest absolute Gasteiger partial charge is 0.274 e. The predicted octanol–water partition coefficient (Wildman–Crippen LogP) is 2.39. The third-order valence-corrected chi connectivity index (χ3v) is 5.57. The van der Waals surface area contributed by atoms with Crippen molar-refractivity contribution in [3.8, 4) is 0 Å². The number of allylic oxidation sites excluding steroid dienone is 2. The van der Waals surface area contributed by atoms with Crippen molar-refractivity contribution in [1.82, 2.24) is 19.8 Å². The monoisotopic (exact) mass is 395 g/mol. The molecule has 0 bridgehead atoms. The predicted molar refractivity (Wildman–Crippen MR) is 106 cm³/mol. The summed E-state index contributed by atoms with van der Waals surface area (Å²) in [5, 5.41) is 11.3. The fraction of sp³-hybridized carbons (Fsp3) is 0.333. The Balaban J connectivity index is 1.83. The van der Waals surface area contributed by atoms with Gasteiger partial charge in [-0.05, 0) is 54.3 Å². The van der Waals surface area contributed by atoms with Crippen LogP contribution in [0.4, 0.5) is 4.39 Å². The van der Waals surface area contributed by atoms with Crippen LogP contribution >= 0.6 is 0 Å². The maximum Gasteiger partial charge on any atom is 0.274 e. The topological polar surface area (TPSA) is 91.1 Å². The summed E-state index contributed by atoms with van der Waals surface area (Å²) in [6.45, 7) is 6.47. The van der Waals surface area contributed by atoms with Crippen molar-refractivity contribution in [2.45, 2.75) is 26.4 Å². The number of piperazine rings is 1. The van der Waals surface area contributed by atoms with Gasteiger partial charge in [0.1, 0.15) is 17.3 Å². The number of hydrogen-bond donors (Lipinski definition) is 2. The Hall–Kier alpha value is -3.29. The molecule has 1 saturated heterocycles. The normalized spacial score (nSPS) is 21.3. The molecule has 1 aromatic heterocycles. The molecule has 8 heteroatoms. The number of nitrogens with one attached hydrogen (secondary N) is 2. The summed E-state index contributed by atoms with van der Waals surface area (Å²) in [6, 6.07) is 5.71. The molecule has 4 rings (SSSR count). The molecule has 0 saturated carbocycles. The molecule has 7 nitrogen and oxygen atoms in total. The zero-order chi connectivity index (χ0) is 20.9. The van der Waals surface area contributed by atoms with Gasteiger partial charge in [0, 0.05) is 13.1 Å². The standard InChI is InChI=1S/C21H22FN5O2/c1-12(2)15(10-16(23)13-4-6-14(22)7-5-13)18-25-11-17-19(28)26-9-8-24-20(29)21(26,3)27(17)18/h4-7,10-12,23H,8-9H2,1-3H3,(H,24,29). The van der Waals surface area contributed by atoms with Gasteiger partial charge in [0.05, 0.1) is 11.9 Å². The Morgan fingerprint density at radius 1 is 1.31 bits per heavy atom. The van der Waals surface area contributed by atoms with E-state index in [9.17, 15) is 14.0 Å². The Kier molecular flexibility index (Phi) is 4.37. The minimum atomic E-state index is -1.19. The molecule has 0 radical (unpaired) electrons. The second-order valence-corrected chi connectivity index (χ2v) is 7.71. The first-order chi connectivity index (χ1) is 13.7. The summed E-state index contributed by atoms with van der Waals surface area (Å²) in [5.74, 6) is -0.390. The van der Waals surface area contributed by atoms with Gasteiger partial charge in [0.25, 0.3) is 11.8 Å². The van der Waals surface area contributed by atoms with Crippen molar-refractivity contribution in [3.05, 3.63) is 59.4 Å². The molecule has 1 fully saturated rings. The number of benzene rings is 1. The Bertz CT molecular complexity index is 1050. The van der Waals surface area contributed by atoms with Gasteiger partial charge in [-0.1, -0.05) is 13.8 Å². The SMILES string of the molecule is CC(C)C(=CC(=N)c1ccc(F)cc1)c1ncc2n1C1(C)C(=O)NCCN1C2=O. The van der Waals surface area contributed by atoms with E-state index >= 15 is 0 Å². The van der Waals surface area contributed by atoms with E-state index in [1.807, 2.05) is 13.8 Å². The summed E-state index contributed by atoms with van der Waals surface area (Å²) in [4.78, 5) is 31.6. The van der Waals surface area contributed by atoms with Crippen molar-refractivity contribution < 1.29 is 14.0 Å². The van der Waals surface area contributed by atoms with E-state index < -0.39 is 5.66 Å². The van der Waals surface area contributed by atoms with Crippen LogP contribution < -0.4 is 5.32 Å². The number of carbonyl (C=O) groups excluding carboxylic acids is 2. The molecule has 3 heterocycles. The fourth-order valence-corrected chi connectivity index (χ4v) is 3.95. The van der Waals surface area contributed by atoms with Crippen molar-refractivity contribution in [2.75, 3.05) is 13.1 Å². The van der Waals surface area contributed by atoms with Crippen LogP contribution in [0.2, 0.25) is 0 Å². The van der Waals surface area contributed by atoms with Gasteiger partial charge in [-0.15, -0.1) is 0 Å². The van der Waals surface area contributed by atoms with E-state index in [1.165, 1.54) is 18.3 Å². The number of rotatable bonds is 4. The van der Waals surface area contributed by atoms with Crippen molar-refractivity contribution in [1.29, 1.82) is 5.41 Å². The number of halogens is 1. The maximum absolute atomic E-state index is 13.2. The second kappa shape index (κ2) is 6.65. The van der Waals surface area contributed by atoms with Gasteiger partial charge < -0.3 is 15.6 Å². The van der Waals surface area contributed by atoms with Gasteiger partial charge in [-0.2, -0.15) is 0 Å². The lowest BCUT2D eigenvalue weighted by Crippen LogP contribution is -2.62. The molecule has 0 aliphatic carbocycles. The largest absolute Gasteiger partial charge is 0.351 e. The van der Waals surface area contributed by atoms with Crippen LogP contribution in [-0.4, -0.2) is 45.1 Å². The highest BCUT2D eigenvalue weighted by molar-refractivity contribution is 6.10. The molecule has 2 aliphatic heterocycles. The van der Waals surface area contributed by atoms with Crippen LogP contribution in [0.25, 0.3) is 5.57 Å². The quantitative estimate of drug-likeness (QED) is 0.779. The van der Waals surface area contributed by atoms with Crippen LogP contribution in [0.1, 0.15) is 42.6 Å². The van der Waals surface area contributed by atoms with Gasteiger partial charge in [0.15, 0.2) is 5.66 Å². The first-order valence-electron chi connectivity index (χ1n) is 9.50. The van der Waals surface area contributed by atoms with Crippen LogP contribution in [0, 0.1) is 17.1 Å². The Labute approximate surface area is 167 Å². The number of nitrogens with zero attached hydrogens (tertiary/aromatic N) is 3. The van der Waals surface area contributed by atoms with Gasteiger partial charge in [-0.3, -0.25) is 14.2 Å². The number of amides is 2. The fourth-order valence-electron chi connectivity index (χ4n) is 3.95. The molecule has 1 unspecified atom stereocenters. The van der Waals surface area contributed by atoms with Crippen molar-refractivity contribution in [2.24, 2.45) is 5.92 Å². The lowest BCUT2D eigenvalue weighted by molar-refractivity contribution is -0.139. The highest BCUT2D eigenvalue weighted by Crippen LogP contribution is 2.38. The summed E-state index contributed by atoms with van der Waals surface area (Å²) in [6.07, 6.45) is 3.16. The van der Waals surface area contributed by atoms with Gasteiger partial charge >= 0.3 is 0 Å². The molecular weight excluding hydrogens is 373 g/mol. The summed E-state index contributed by atoms with van der Waals surface area (Å²) < 4.78 is 14.9. The van der Waals surface area contributed by atoms with Gasteiger partial charge in [-0.25, -0.2) is 9.37 Å². The number of aromatic nitrogens is 2. The summed E-state index contributed by atoms with van der Waals surface area (Å²) in [7, 11) is 0. The number of hydrogen-bond acceptors (Lipinski definition) is 4. The van der Waals surface area contributed by atoms with E-state index in [-0.39, 0.29) is 29.3 Å². The molecule has 1 aromatic carbocycles. The zero-order valence-corrected chi connectivity index (χ0v) is 16.5. The molecule has 2 aliphatic rings. The maximum atomic E-state index is 13.2. The number of fused-ring (bicyclic) bond motifs is 3.